The van der Waals surface area contributed by atoms with E-state index in [1.807, 2.05) is 37.3 Å². The van der Waals surface area contributed by atoms with E-state index >= 15 is 0 Å². The molecule has 1 amide bonds. The van der Waals surface area contributed by atoms with Crippen molar-refractivity contribution in [2.45, 2.75) is 6.92 Å². The molecule has 0 aliphatic rings. The molecule has 0 fully saturated rings. The molecular weight excluding hydrogens is 345 g/mol. The average Bonchev–Trinajstić information content (AvgIpc) is 2.97. The Morgan fingerprint density at radius 2 is 2.00 bits per heavy atom. The van der Waals surface area contributed by atoms with E-state index < -0.39 is 5.82 Å². The number of amides is 1. The van der Waals surface area contributed by atoms with Gasteiger partial charge in [-0.1, -0.05) is 29.8 Å². The van der Waals surface area contributed by atoms with E-state index in [1.165, 1.54) is 18.2 Å². The second-order valence-electron chi connectivity index (χ2n) is 5.33. The van der Waals surface area contributed by atoms with E-state index in [0.717, 1.165) is 11.4 Å². The summed E-state index contributed by atoms with van der Waals surface area (Å²) in [6.07, 6.45) is 0. The second-order valence-corrected chi connectivity index (χ2v) is 5.74. The third-order valence-corrected chi connectivity index (χ3v) is 3.65. The predicted octanol–water partition coefficient (Wildman–Crippen LogP) is 3.99. The summed E-state index contributed by atoms with van der Waals surface area (Å²) in [4.78, 5) is 12.1. The van der Waals surface area contributed by atoms with Crippen LogP contribution in [-0.2, 0) is 4.79 Å². The molecule has 7 heteroatoms. The molecule has 0 spiro atoms. The van der Waals surface area contributed by atoms with Crippen LogP contribution in [0.4, 0.5) is 10.2 Å². The van der Waals surface area contributed by atoms with Crippen LogP contribution in [0.2, 0.25) is 5.02 Å². The van der Waals surface area contributed by atoms with E-state index in [1.54, 1.807) is 10.7 Å². The molecule has 3 aromatic rings. The maximum Gasteiger partial charge on any atom is 0.263 e. The first-order valence-corrected chi connectivity index (χ1v) is 7.90. The Bertz CT molecular complexity index is 897. The Labute approximate surface area is 149 Å². The van der Waals surface area contributed by atoms with Crippen molar-refractivity contribution in [3.05, 3.63) is 71.1 Å². The molecule has 0 aliphatic carbocycles. The minimum atomic E-state index is -0.541. The fraction of sp³-hybridized carbons (Fsp3) is 0.111. The molecule has 0 bridgehead atoms. The van der Waals surface area contributed by atoms with Gasteiger partial charge in [-0.15, -0.1) is 0 Å². The standard InChI is InChI=1S/C18H15ClFN3O2/c1-12-9-17(23(22-12)13-5-3-2-4-6-13)21-18(24)11-25-14-7-8-16(20)15(19)10-14/h2-10H,11H2,1H3,(H,21,24). The van der Waals surface area contributed by atoms with Crippen LogP contribution in [0.25, 0.3) is 5.69 Å². The largest absolute Gasteiger partial charge is 0.484 e. The molecule has 0 atom stereocenters. The van der Waals surface area contributed by atoms with Gasteiger partial charge < -0.3 is 10.1 Å². The number of aromatic nitrogens is 2. The SMILES string of the molecule is Cc1cc(NC(=O)COc2ccc(F)c(Cl)c2)n(-c2ccccc2)n1. The van der Waals surface area contributed by atoms with Crippen LogP contribution < -0.4 is 10.1 Å². The maximum absolute atomic E-state index is 13.1. The van der Waals surface area contributed by atoms with Crippen LogP contribution in [0, 0.1) is 12.7 Å². The zero-order valence-electron chi connectivity index (χ0n) is 13.4. The Balaban J connectivity index is 1.68. The van der Waals surface area contributed by atoms with Gasteiger partial charge in [0.15, 0.2) is 6.61 Å². The van der Waals surface area contributed by atoms with Gasteiger partial charge >= 0.3 is 0 Å². The van der Waals surface area contributed by atoms with Crippen molar-refractivity contribution < 1.29 is 13.9 Å². The van der Waals surface area contributed by atoms with Crippen molar-refractivity contribution in [1.82, 2.24) is 9.78 Å². The fourth-order valence-corrected chi connectivity index (χ4v) is 2.42. The molecule has 0 radical (unpaired) electrons. The van der Waals surface area contributed by atoms with Crippen LogP contribution in [0.3, 0.4) is 0 Å². The number of anilines is 1. The minimum absolute atomic E-state index is 0.0595. The lowest BCUT2D eigenvalue weighted by molar-refractivity contribution is -0.118. The Morgan fingerprint density at radius 1 is 1.24 bits per heavy atom. The summed E-state index contributed by atoms with van der Waals surface area (Å²) in [6, 6.07) is 15.1. The number of nitrogens with zero attached hydrogens (tertiary/aromatic N) is 2. The van der Waals surface area contributed by atoms with Gasteiger partial charge in [-0.2, -0.15) is 5.10 Å². The summed E-state index contributed by atoms with van der Waals surface area (Å²) < 4.78 is 20.1. The molecule has 5 nitrogen and oxygen atoms in total. The Morgan fingerprint density at radius 3 is 2.72 bits per heavy atom. The summed E-state index contributed by atoms with van der Waals surface area (Å²) >= 11 is 5.68. The number of rotatable bonds is 5. The highest BCUT2D eigenvalue weighted by Crippen LogP contribution is 2.21. The molecule has 0 saturated carbocycles. The van der Waals surface area contributed by atoms with Crippen LogP contribution in [0.5, 0.6) is 5.75 Å². The molecule has 25 heavy (non-hydrogen) atoms. The fourth-order valence-electron chi connectivity index (χ4n) is 2.25. The zero-order chi connectivity index (χ0) is 17.8. The van der Waals surface area contributed by atoms with Crippen molar-refractivity contribution in [3.63, 3.8) is 0 Å². The van der Waals surface area contributed by atoms with Crippen LogP contribution in [-0.4, -0.2) is 22.3 Å². The van der Waals surface area contributed by atoms with E-state index in [0.29, 0.717) is 11.6 Å². The number of carbonyl (C=O) groups excluding carboxylic acids is 1. The van der Waals surface area contributed by atoms with Gasteiger partial charge in [-0.25, -0.2) is 9.07 Å². The van der Waals surface area contributed by atoms with Crippen LogP contribution in [0.1, 0.15) is 5.69 Å². The number of carbonyl (C=O) groups is 1. The van der Waals surface area contributed by atoms with Crippen molar-refractivity contribution in [2.24, 2.45) is 0 Å². The van der Waals surface area contributed by atoms with Gasteiger partial charge in [0.2, 0.25) is 0 Å². The Hall–Kier alpha value is -2.86. The number of para-hydroxylation sites is 1. The maximum atomic E-state index is 13.1. The number of hydrogen-bond donors (Lipinski definition) is 1. The highest BCUT2D eigenvalue weighted by molar-refractivity contribution is 6.30. The first-order chi connectivity index (χ1) is 12.0. The quantitative estimate of drug-likeness (QED) is 0.749. The third kappa shape index (κ3) is 4.16. The number of hydrogen-bond acceptors (Lipinski definition) is 3. The smallest absolute Gasteiger partial charge is 0.263 e. The van der Waals surface area contributed by atoms with Crippen LogP contribution in [0.15, 0.2) is 54.6 Å². The number of ether oxygens (including phenoxy) is 1. The minimum Gasteiger partial charge on any atom is -0.484 e. The molecule has 0 unspecified atom stereocenters. The highest BCUT2D eigenvalue weighted by atomic mass is 35.5. The van der Waals surface area contributed by atoms with E-state index in [4.69, 9.17) is 16.3 Å². The topological polar surface area (TPSA) is 56.1 Å². The first kappa shape index (κ1) is 17.0. The molecule has 0 saturated heterocycles. The molecule has 128 valence electrons. The second kappa shape index (κ2) is 7.36. The van der Waals surface area contributed by atoms with E-state index in [9.17, 15) is 9.18 Å². The number of halogens is 2. The summed E-state index contributed by atoms with van der Waals surface area (Å²) in [7, 11) is 0. The molecule has 1 N–H and O–H groups in total. The zero-order valence-corrected chi connectivity index (χ0v) is 14.1. The summed E-state index contributed by atoms with van der Waals surface area (Å²) in [6.45, 7) is 1.60. The van der Waals surface area contributed by atoms with E-state index in [2.05, 4.69) is 10.4 Å². The number of nitrogens with one attached hydrogen (secondary N) is 1. The lowest BCUT2D eigenvalue weighted by Crippen LogP contribution is -2.21. The monoisotopic (exact) mass is 359 g/mol. The van der Waals surface area contributed by atoms with Crippen molar-refractivity contribution >= 4 is 23.3 Å². The molecule has 2 aromatic carbocycles. The lowest BCUT2D eigenvalue weighted by Gasteiger charge is -2.10. The Kier molecular flexibility index (Phi) is 5.00. The van der Waals surface area contributed by atoms with Crippen molar-refractivity contribution in [3.8, 4) is 11.4 Å². The van der Waals surface area contributed by atoms with Gasteiger partial charge in [0, 0.05) is 12.1 Å². The van der Waals surface area contributed by atoms with Crippen molar-refractivity contribution in [2.75, 3.05) is 11.9 Å². The normalized spacial score (nSPS) is 10.5. The summed E-state index contributed by atoms with van der Waals surface area (Å²) in [5, 5.41) is 7.07. The molecular formula is C18H15ClFN3O2. The lowest BCUT2D eigenvalue weighted by atomic mass is 10.3. The molecule has 3 rings (SSSR count). The highest BCUT2D eigenvalue weighted by Gasteiger charge is 2.12. The van der Waals surface area contributed by atoms with Gasteiger partial charge in [-0.05, 0) is 31.2 Å². The average molecular weight is 360 g/mol. The van der Waals surface area contributed by atoms with Crippen molar-refractivity contribution in [1.29, 1.82) is 0 Å². The van der Waals surface area contributed by atoms with Crippen LogP contribution >= 0.6 is 11.6 Å². The van der Waals surface area contributed by atoms with Gasteiger partial charge in [0.05, 0.1) is 16.4 Å². The summed E-state index contributed by atoms with van der Waals surface area (Å²) in [5.74, 6) is -0.0537. The third-order valence-electron chi connectivity index (χ3n) is 3.36. The molecule has 0 aliphatic heterocycles. The molecule has 1 heterocycles. The van der Waals surface area contributed by atoms with Gasteiger partial charge in [-0.3, -0.25) is 4.79 Å². The predicted molar refractivity (Wildman–Crippen MR) is 93.8 cm³/mol. The molecule has 1 aromatic heterocycles. The van der Waals surface area contributed by atoms with Gasteiger partial charge in [0.25, 0.3) is 5.91 Å². The summed E-state index contributed by atoms with van der Waals surface area (Å²) in [5.41, 5.74) is 1.60. The number of aryl methyl sites for hydroxylation is 1. The van der Waals surface area contributed by atoms with E-state index in [-0.39, 0.29) is 17.5 Å². The van der Waals surface area contributed by atoms with Gasteiger partial charge in [0.1, 0.15) is 17.4 Å². The number of benzene rings is 2. The first-order valence-electron chi connectivity index (χ1n) is 7.53.